The standard InChI is InChI=1S/C28H33N3O5S/c1-4-23(28(33)29-5-2)30(19-20-10-6-13-22(18-20)36-3)26(32)16-9-17-31-24-14-7-11-21-12-8-15-25(27(21)24)37(31,34)35/h6-8,10-15,18,23H,4-5,9,16-17,19H2,1-3H3,(H,29,33). The van der Waals surface area contributed by atoms with Gasteiger partial charge in [-0.2, -0.15) is 0 Å². The molecule has 196 valence electrons. The molecule has 0 saturated carbocycles. The first-order chi connectivity index (χ1) is 17.8. The molecule has 9 heteroatoms. The van der Waals surface area contributed by atoms with E-state index >= 15 is 0 Å². The lowest BCUT2D eigenvalue weighted by atomic mass is 10.1. The van der Waals surface area contributed by atoms with E-state index < -0.39 is 16.1 Å². The fourth-order valence-corrected chi connectivity index (χ4v) is 6.64. The highest BCUT2D eigenvalue weighted by Gasteiger charge is 2.35. The molecule has 1 aliphatic rings. The molecule has 0 spiro atoms. The number of hydrogen-bond acceptors (Lipinski definition) is 5. The summed E-state index contributed by atoms with van der Waals surface area (Å²) in [6.07, 6.45) is 0.889. The van der Waals surface area contributed by atoms with E-state index in [1.54, 1.807) is 30.2 Å². The van der Waals surface area contributed by atoms with Crippen molar-refractivity contribution in [2.45, 2.75) is 50.6 Å². The van der Waals surface area contributed by atoms with Crippen LogP contribution in [0, 0.1) is 0 Å². The molecule has 0 bridgehead atoms. The van der Waals surface area contributed by atoms with Crippen LogP contribution >= 0.6 is 0 Å². The molecule has 1 N–H and O–H groups in total. The van der Waals surface area contributed by atoms with Crippen molar-refractivity contribution in [2.75, 3.05) is 24.5 Å². The van der Waals surface area contributed by atoms with Gasteiger partial charge in [0.15, 0.2) is 0 Å². The van der Waals surface area contributed by atoms with E-state index in [1.165, 1.54) is 4.31 Å². The van der Waals surface area contributed by atoms with Crippen LogP contribution in [0.15, 0.2) is 65.6 Å². The Morgan fingerprint density at radius 2 is 1.78 bits per heavy atom. The molecule has 0 radical (unpaired) electrons. The van der Waals surface area contributed by atoms with Crippen LogP contribution in [0.5, 0.6) is 5.75 Å². The Kier molecular flexibility index (Phi) is 8.02. The lowest BCUT2D eigenvalue weighted by molar-refractivity contribution is -0.141. The van der Waals surface area contributed by atoms with Crippen LogP contribution in [0.2, 0.25) is 0 Å². The van der Waals surface area contributed by atoms with Gasteiger partial charge in [-0.1, -0.05) is 43.3 Å². The number of hydrogen-bond donors (Lipinski definition) is 1. The normalized spacial score (nSPS) is 14.4. The number of carbonyl (C=O) groups is 2. The first kappa shape index (κ1) is 26.5. The van der Waals surface area contributed by atoms with Gasteiger partial charge in [-0.15, -0.1) is 0 Å². The molecule has 2 amide bonds. The number of sulfonamides is 1. The maximum atomic E-state index is 13.5. The van der Waals surface area contributed by atoms with Gasteiger partial charge < -0.3 is 15.0 Å². The largest absolute Gasteiger partial charge is 0.497 e. The number of anilines is 1. The second-order valence-corrected chi connectivity index (χ2v) is 10.8. The van der Waals surface area contributed by atoms with Gasteiger partial charge in [-0.05, 0) is 55.0 Å². The maximum Gasteiger partial charge on any atom is 0.265 e. The minimum atomic E-state index is -3.68. The van der Waals surface area contributed by atoms with Crippen LogP contribution in [0.4, 0.5) is 5.69 Å². The summed E-state index contributed by atoms with van der Waals surface area (Å²) in [6.45, 7) is 4.61. The molecular formula is C28H33N3O5S. The molecule has 1 aliphatic heterocycles. The van der Waals surface area contributed by atoms with Crippen LogP contribution in [0.3, 0.4) is 0 Å². The molecule has 3 aromatic rings. The number of benzene rings is 3. The molecule has 4 rings (SSSR count). The first-order valence-corrected chi connectivity index (χ1v) is 14.0. The summed E-state index contributed by atoms with van der Waals surface area (Å²) in [6, 6.07) is 17.6. The summed E-state index contributed by atoms with van der Waals surface area (Å²) in [5.74, 6) is 0.266. The highest BCUT2D eigenvalue weighted by Crippen LogP contribution is 2.42. The average molecular weight is 524 g/mol. The van der Waals surface area contributed by atoms with Crippen molar-refractivity contribution in [1.82, 2.24) is 10.2 Å². The molecule has 1 unspecified atom stereocenters. The van der Waals surface area contributed by atoms with Crippen molar-refractivity contribution < 1.29 is 22.7 Å². The van der Waals surface area contributed by atoms with Crippen LogP contribution in [-0.2, 0) is 26.2 Å². The van der Waals surface area contributed by atoms with Crippen molar-refractivity contribution in [3.8, 4) is 5.75 Å². The van der Waals surface area contributed by atoms with Crippen LogP contribution in [-0.4, -0.2) is 51.4 Å². The molecule has 8 nitrogen and oxygen atoms in total. The smallest absolute Gasteiger partial charge is 0.265 e. The highest BCUT2D eigenvalue weighted by molar-refractivity contribution is 7.93. The Morgan fingerprint density at radius 1 is 1.05 bits per heavy atom. The molecular weight excluding hydrogens is 490 g/mol. The molecule has 3 aromatic carbocycles. The predicted octanol–water partition coefficient (Wildman–Crippen LogP) is 4.08. The van der Waals surface area contributed by atoms with E-state index in [2.05, 4.69) is 5.32 Å². The first-order valence-electron chi connectivity index (χ1n) is 12.6. The van der Waals surface area contributed by atoms with Gasteiger partial charge in [-0.25, -0.2) is 8.42 Å². The zero-order chi connectivity index (χ0) is 26.6. The zero-order valence-electron chi connectivity index (χ0n) is 21.4. The van der Waals surface area contributed by atoms with Crippen molar-refractivity contribution in [1.29, 1.82) is 0 Å². The second kappa shape index (κ2) is 11.2. The molecule has 0 aromatic heterocycles. The minimum Gasteiger partial charge on any atom is -0.497 e. The van der Waals surface area contributed by atoms with E-state index in [0.717, 1.165) is 16.3 Å². The maximum absolute atomic E-state index is 13.5. The zero-order valence-corrected chi connectivity index (χ0v) is 22.3. The van der Waals surface area contributed by atoms with Crippen molar-refractivity contribution in [3.63, 3.8) is 0 Å². The number of carbonyl (C=O) groups excluding carboxylic acids is 2. The summed E-state index contributed by atoms with van der Waals surface area (Å²) in [5.41, 5.74) is 1.49. The molecule has 0 aliphatic carbocycles. The fraction of sp³-hybridized carbons (Fsp3) is 0.357. The number of methoxy groups -OCH3 is 1. The van der Waals surface area contributed by atoms with Gasteiger partial charge in [0.2, 0.25) is 11.8 Å². The summed E-state index contributed by atoms with van der Waals surface area (Å²) >= 11 is 0. The minimum absolute atomic E-state index is 0.109. The Bertz CT molecular complexity index is 1400. The number of likely N-dealkylation sites (N-methyl/N-ethyl adjacent to an activating group) is 1. The summed E-state index contributed by atoms with van der Waals surface area (Å²) in [5, 5.41) is 4.42. The van der Waals surface area contributed by atoms with Gasteiger partial charge in [-0.3, -0.25) is 13.9 Å². The van der Waals surface area contributed by atoms with E-state index in [9.17, 15) is 18.0 Å². The Morgan fingerprint density at radius 3 is 2.49 bits per heavy atom. The van der Waals surface area contributed by atoms with Crippen LogP contribution in [0.1, 0.15) is 38.7 Å². The van der Waals surface area contributed by atoms with Crippen LogP contribution in [0.25, 0.3) is 10.8 Å². The monoisotopic (exact) mass is 523 g/mol. The van der Waals surface area contributed by atoms with E-state index in [-0.39, 0.29) is 31.3 Å². The third-order valence-corrected chi connectivity index (χ3v) is 8.51. The van der Waals surface area contributed by atoms with Gasteiger partial charge in [0.25, 0.3) is 10.0 Å². The number of nitrogens with one attached hydrogen (secondary N) is 1. The quantitative estimate of drug-likeness (QED) is 0.409. The van der Waals surface area contributed by atoms with Crippen molar-refractivity contribution in [2.24, 2.45) is 0 Å². The Hall–Kier alpha value is -3.59. The third-order valence-electron chi connectivity index (χ3n) is 6.66. The topological polar surface area (TPSA) is 96.0 Å². The Labute approximate surface area is 218 Å². The van der Waals surface area contributed by atoms with Crippen LogP contribution < -0.4 is 14.4 Å². The number of nitrogens with zero attached hydrogens (tertiary/aromatic N) is 2. The lowest BCUT2D eigenvalue weighted by Crippen LogP contribution is -2.49. The summed E-state index contributed by atoms with van der Waals surface area (Å²) < 4.78 is 33.2. The average Bonchev–Trinajstić information content (AvgIpc) is 3.12. The summed E-state index contributed by atoms with van der Waals surface area (Å²) in [7, 11) is -2.10. The summed E-state index contributed by atoms with van der Waals surface area (Å²) in [4.78, 5) is 28.2. The number of ether oxygens (including phenoxy) is 1. The lowest BCUT2D eigenvalue weighted by Gasteiger charge is -2.31. The predicted molar refractivity (Wildman–Crippen MR) is 144 cm³/mol. The SMILES string of the molecule is CCNC(=O)C(CC)N(Cc1cccc(OC)c1)C(=O)CCCN1c2cccc3cccc(c23)S1(=O)=O. The second-order valence-electron chi connectivity index (χ2n) is 9.00. The molecule has 0 fully saturated rings. The van der Waals surface area contributed by atoms with Gasteiger partial charge in [0.05, 0.1) is 17.7 Å². The Balaban J connectivity index is 1.52. The van der Waals surface area contributed by atoms with Gasteiger partial charge in [0, 0.05) is 31.4 Å². The molecule has 37 heavy (non-hydrogen) atoms. The van der Waals surface area contributed by atoms with Crippen molar-refractivity contribution in [3.05, 3.63) is 66.2 Å². The van der Waals surface area contributed by atoms with E-state index in [4.69, 9.17) is 4.74 Å². The molecule has 0 saturated heterocycles. The number of rotatable bonds is 11. The van der Waals surface area contributed by atoms with E-state index in [1.807, 2.05) is 56.3 Å². The third kappa shape index (κ3) is 5.27. The van der Waals surface area contributed by atoms with Gasteiger partial charge in [0.1, 0.15) is 11.8 Å². The van der Waals surface area contributed by atoms with Crippen molar-refractivity contribution >= 4 is 38.3 Å². The van der Waals surface area contributed by atoms with E-state index in [0.29, 0.717) is 35.7 Å². The molecule has 1 heterocycles. The molecule has 1 atom stereocenters. The van der Waals surface area contributed by atoms with Gasteiger partial charge >= 0.3 is 0 Å². The highest BCUT2D eigenvalue weighted by atomic mass is 32.2. The fourth-order valence-electron chi connectivity index (χ4n) is 4.90. The number of amides is 2.